The van der Waals surface area contributed by atoms with Crippen LogP contribution in [0.1, 0.15) is 42.6 Å². The van der Waals surface area contributed by atoms with E-state index < -0.39 is 0 Å². The van der Waals surface area contributed by atoms with Gasteiger partial charge in [-0.2, -0.15) is 5.10 Å². The molecule has 0 radical (unpaired) electrons. The molecule has 0 fully saturated rings. The number of rotatable bonds is 8. The molecule has 2 aromatic rings. The lowest BCUT2D eigenvalue weighted by molar-refractivity contribution is 0.304. The SMILES string of the molecule is Cc1n[nH]c(C)c1CCCCCCOc1ccccc1. The highest BCUT2D eigenvalue weighted by Gasteiger charge is 2.05. The number of aryl methyl sites for hydroxylation is 2. The molecule has 3 nitrogen and oxygen atoms in total. The van der Waals surface area contributed by atoms with Crippen molar-refractivity contribution in [3.63, 3.8) is 0 Å². The van der Waals surface area contributed by atoms with Crippen molar-refractivity contribution in [3.8, 4) is 5.75 Å². The summed E-state index contributed by atoms with van der Waals surface area (Å²) >= 11 is 0. The molecule has 1 N–H and O–H groups in total. The Labute approximate surface area is 121 Å². The van der Waals surface area contributed by atoms with Crippen LogP contribution in [0.5, 0.6) is 5.75 Å². The number of para-hydroxylation sites is 1. The zero-order chi connectivity index (χ0) is 14.2. The number of hydrogen-bond acceptors (Lipinski definition) is 2. The van der Waals surface area contributed by atoms with E-state index in [0.29, 0.717) is 0 Å². The van der Waals surface area contributed by atoms with Crippen LogP contribution in [0.25, 0.3) is 0 Å². The fourth-order valence-corrected chi connectivity index (χ4v) is 2.41. The first-order valence-corrected chi connectivity index (χ1v) is 7.45. The summed E-state index contributed by atoms with van der Waals surface area (Å²) < 4.78 is 5.68. The van der Waals surface area contributed by atoms with Gasteiger partial charge in [-0.3, -0.25) is 5.10 Å². The number of unbranched alkanes of at least 4 members (excludes halogenated alkanes) is 3. The van der Waals surface area contributed by atoms with E-state index in [-0.39, 0.29) is 0 Å². The topological polar surface area (TPSA) is 37.9 Å². The van der Waals surface area contributed by atoms with Gasteiger partial charge in [-0.15, -0.1) is 0 Å². The van der Waals surface area contributed by atoms with Crippen LogP contribution >= 0.6 is 0 Å². The van der Waals surface area contributed by atoms with E-state index in [1.54, 1.807) is 0 Å². The Bertz CT molecular complexity index is 485. The minimum Gasteiger partial charge on any atom is -0.494 e. The Morgan fingerprint density at radius 3 is 2.45 bits per heavy atom. The first-order valence-electron chi connectivity index (χ1n) is 7.45. The van der Waals surface area contributed by atoms with Crippen LogP contribution in [0.2, 0.25) is 0 Å². The summed E-state index contributed by atoms with van der Waals surface area (Å²) in [7, 11) is 0. The molecule has 20 heavy (non-hydrogen) atoms. The third kappa shape index (κ3) is 4.41. The standard InChI is InChI=1S/C17H24N2O/c1-14-17(15(2)19-18-14)12-8-3-4-9-13-20-16-10-6-5-7-11-16/h5-7,10-11H,3-4,8-9,12-13H2,1-2H3,(H,18,19). The monoisotopic (exact) mass is 272 g/mol. The number of nitrogens with zero attached hydrogens (tertiary/aromatic N) is 1. The molecule has 0 atom stereocenters. The number of hydrogen-bond donors (Lipinski definition) is 1. The summed E-state index contributed by atoms with van der Waals surface area (Å²) in [6.45, 7) is 4.99. The minimum absolute atomic E-state index is 0.813. The molecule has 0 aliphatic carbocycles. The van der Waals surface area contributed by atoms with Gasteiger partial charge in [0.1, 0.15) is 5.75 Å². The van der Waals surface area contributed by atoms with Crippen molar-refractivity contribution in [2.24, 2.45) is 0 Å². The van der Waals surface area contributed by atoms with Gasteiger partial charge in [0, 0.05) is 5.69 Å². The maximum atomic E-state index is 5.68. The van der Waals surface area contributed by atoms with Crippen molar-refractivity contribution in [3.05, 3.63) is 47.3 Å². The second kappa shape index (κ2) is 7.73. The van der Waals surface area contributed by atoms with Gasteiger partial charge < -0.3 is 4.74 Å². The van der Waals surface area contributed by atoms with Crippen molar-refractivity contribution in [2.75, 3.05) is 6.61 Å². The van der Waals surface area contributed by atoms with Gasteiger partial charge in [0.05, 0.1) is 12.3 Å². The molecule has 2 rings (SSSR count). The average molecular weight is 272 g/mol. The van der Waals surface area contributed by atoms with Crippen molar-refractivity contribution in [1.82, 2.24) is 10.2 Å². The summed E-state index contributed by atoms with van der Waals surface area (Å²) in [4.78, 5) is 0. The van der Waals surface area contributed by atoms with Gasteiger partial charge in [-0.25, -0.2) is 0 Å². The Morgan fingerprint density at radius 2 is 1.75 bits per heavy atom. The molecule has 0 saturated heterocycles. The minimum atomic E-state index is 0.813. The Balaban J connectivity index is 1.54. The maximum absolute atomic E-state index is 5.68. The normalized spacial score (nSPS) is 10.7. The van der Waals surface area contributed by atoms with Crippen LogP contribution in [-0.2, 0) is 6.42 Å². The Morgan fingerprint density at radius 1 is 1.00 bits per heavy atom. The van der Waals surface area contributed by atoms with E-state index >= 15 is 0 Å². The number of ether oxygens (including phenoxy) is 1. The lowest BCUT2D eigenvalue weighted by Crippen LogP contribution is -1.97. The highest BCUT2D eigenvalue weighted by atomic mass is 16.5. The van der Waals surface area contributed by atoms with Crippen LogP contribution in [0.4, 0.5) is 0 Å². The molecule has 0 saturated carbocycles. The van der Waals surface area contributed by atoms with E-state index in [1.165, 1.54) is 30.5 Å². The quantitative estimate of drug-likeness (QED) is 0.731. The fraction of sp³-hybridized carbons (Fsp3) is 0.471. The van der Waals surface area contributed by atoms with Crippen molar-refractivity contribution < 1.29 is 4.74 Å². The number of H-pyrrole nitrogens is 1. The third-order valence-corrected chi connectivity index (χ3v) is 3.61. The number of aromatic nitrogens is 2. The number of benzene rings is 1. The number of aromatic amines is 1. The van der Waals surface area contributed by atoms with Gasteiger partial charge in [-0.1, -0.05) is 31.0 Å². The first kappa shape index (κ1) is 14.6. The van der Waals surface area contributed by atoms with E-state index in [1.807, 2.05) is 30.3 Å². The van der Waals surface area contributed by atoms with Gasteiger partial charge in [0.15, 0.2) is 0 Å². The molecule has 0 unspecified atom stereocenters. The Hall–Kier alpha value is -1.77. The molecular weight excluding hydrogens is 248 g/mol. The fourth-order valence-electron chi connectivity index (χ4n) is 2.41. The zero-order valence-corrected chi connectivity index (χ0v) is 12.5. The smallest absolute Gasteiger partial charge is 0.119 e. The van der Waals surface area contributed by atoms with Crippen LogP contribution in [0, 0.1) is 13.8 Å². The lowest BCUT2D eigenvalue weighted by atomic mass is 10.0. The predicted molar refractivity (Wildman–Crippen MR) is 82.2 cm³/mol. The van der Waals surface area contributed by atoms with E-state index in [9.17, 15) is 0 Å². The predicted octanol–water partition coefficient (Wildman–Crippen LogP) is 4.21. The highest BCUT2D eigenvalue weighted by molar-refractivity contribution is 5.23. The van der Waals surface area contributed by atoms with Crippen LogP contribution in [0.3, 0.4) is 0 Å². The van der Waals surface area contributed by atoms with Gasteiger partial charge >= 0.3 is 0 Å². The van der Waals surface area contributed by atoms with Crippen molar-refractivity contribution in [2.45, 2.75) is 46.0 Å². The van der Waals surface area contributed by atoms with E-state index in [0.717, 1.165) is 30.9 Å². The zero-order valence-electron chi connectivity index (χ0n) is 12.5. The second-order valence-corrected chi connectivity index (χ2v) is 5.24. The van der Waals surface area contributed by atoms with Crippen LogP contribution in [-0.4, -0.2) is 16.8 Å². The Kier molecular flexibility index (Phi) is 5.66. The van der Waals surface area contributed by atoms with Crippen molar-refractivity contribution >= 4 is 0 Å². The molecule has 3 heteroatoms. The maximum Gasteiger partial charge on any atom is 0.119 e. The highest BCUT2D eigenvalue weighted by Crippen LogP contribution is 2.14. The van der Waals surface area contributed by atoms with Crippen LogP contribution < -0.4 is 4.74 Å². The molecule has 0 amide bonds. The summed E-state index contributed by atoms with van der Waals surface area (Å²) in [5.74, 6) is 0.970. The molecule has 108 valence electrons. The number of nitrogens with one attached hydrogen (secondary N) is 1. The second-order valence-electron chi connectivity index (χ2n) is 5.24. The van der Waals surface area contributed by atoms with E-state index in [2.05, 4.69) is 24.0 Å². The average Bonchev–Trinajstić information content (AvgIpc) is 2.79. The van der Waals surface area contributed by atoms with E-state index in [4.69, 9.17) is 4.74 Å². The molecular formula is C17H24N2O. The van der Waals surface area contributed by atoms with Gasteiger partial charge in [0.25, 0.3) is 0 Å². The third-order valence-electron chi connectivity index (χ3n) is 3.61. The molecule has 0 aliphatic rings. The van der Waals surface area contributed by atoms with Gasteiger partial charge in [0.2, 0.25) is 0 Å². The lowest BCUT2D eigenvalue weighted by Gasteiger charge is -2.06. The van der Waals surface area contributed by atoms with Gasteiger partial charge in [-0.05, 0) is 50.8 Å². The first-order chi connectivity index (χ1) is 9.77. The molecule has 0 bridgehead atoms. The summed E-state index contributed by atoms with van der Waals surface area (Å²) in [6, 6.07) is 10.0. The largest absolute Gasteiger partial charge is 0.494 e. The molecule has 1 heterocycles. The molecule has 1 aromatic carbocycles. The molecule has 0 aliphatic heterocycles. The summed E-state index contributed by atoms with van der Waals surface area (Å²) in [6.07, 6.45) is 5.96. The van der Waals surface area contributed by atoms with Crippen LogP contribution in [0.15, 0.2) is 30.3 Å². The molecule has 0 spiro atoms. The van der Waals surface area contributed by atoms with Crippen molar-refractivity contribution in [1.29, 1.82) is 0 Å². The summed E-state index contributed by atoms with van der Waals surface area (Å²) in [5, 5.41) is 7.28. The summed E-state index contributed by atoms with van der Waals surface area (Å²) in [5.41, 5.74) is 3.76. The molecule has 1 aromatic heterocycles.